The molecular weight excluding hydrogens is 202 g/mol. The van der Waals surface area contributed by atoms with Crippen molar-refractivity contribution < 1.29 is 24.5 Å². The highest BCUT2D eigenvalue weighted by Crippen LogP contribution is 2.02. The maximum atomic E-state index is 10.4. The van der Waals surface area contributed by atoms with Crippen molar-refractivity contribution in [3.05, 3.63) is 12.7 Å². The van der Waals surface area contributed by atoms with E-state index in [9.17, 15) is 4.79 Å². The van der Waals surface area contributed by atoms with Crippen molar-refractivity contribution in [3.63, 3.8) is 0 Å². The normalized spacial score (nSPS) is 14.3. The van der Waals surface area contributed by atoms with E-state index in [2.05, 4.69) is 11.9 Å². The standard InChI is InChI=1S/C9H17NO5/c1-3-5-14-8(15-6-4-11)7(2)10-9(12)13/h3,7-8,10-11H,1,4-6H2,2H3,(H,12,13)/t7?,8-/m0/s1. The van der Waals surface area contributed by atoms with E-state index in [0.717, 1.165) is 0 Å². The minimum absolute atomic E-state index is 0.0907. The molecule has 0 radical (unpaired) electrons. The maximum absolute atomic E-state index is 10.4. The Morgan fingerprint density at radius 2 is 2.27 bits per heavy atom. The van der Waals surface area contributed by atoms with Gasteiger partial charge in [-0.1, -0.05) is 6.08 Å². The van der Waals surface area contributed by atoms with E-state index in [1.54, 1.807) is 6.92 Å². The van der Waals surface area contributed by atoms with Gasteiger partial charge in [0, 0.05) is 0 Å². The summed E-state index contributed by atoms with van der Waals surface area (Å²) in [6, 6.07) is -0.519. The summed E-state index contributed by atoms with van der Waals surface area (Å²) in [6.45, 7) is 5.27. The number of carboxylic acid groups (broad SMARTS) is 1. The fourth-order valence-corrected chi connectivity index (χ4v) is 0.931. The molecule has 0 fully saturated rings. The van der Waals surface area contributed by atoms with Gasteiger partial charge >= 0.3 is 6.09 Å². The van der Waals surface area contributed by atoms with Crippen LogP contribution in [-0.2, 0) is 9.47 Å². The van der Waals surface area contributed by atoms with E-state index < -0.39 is 18.4 Å². The third kappa shape index (κ3) is 6.89. The average molecular weight is 219 g/mol. The molecule has 0 rings (SSSR count). The molecule has 3 N–H and O–H groups in total. The third-order valence-electron chi connectivity index (χ3n) is 1.51. The van der Waals surface area contributed by atoms with Gasteiger partial charge in [0.15, 0.2) is 6.29 Å². The van der Waals surface area contributed by atoms with Gasteiger partial charge in [0.1, 0.15) is 0 Å². The number of nitrogens with one attached hydrogen (secondary N) is 1. The van der Waals surface area contributed by atoms with Gasteiger partial charge in [0.25, 0.3) is 0 Å². The fraction of sp³-hybridized carbons (Fsp3) is 0.667. The van der Waals surface area contributed by atoms with Gasteiger partial charge in [-0.3, -0.25) is 0 Å². The molecule has 1 amide bonds. The predicted molar refractivity (Wildman–Crippen MR) is 53.6 cm³/mol. The Kier molecular flexibility index (Phi) is 7.61. The molecule has 1 unspecified atom stereocenters. The van der Waals surface area contributed by atoms with Crippen LogP contribution in [0.3, 0.4) is 0 Å². The van der Waals surface area contributed by atoms with Crippen molar-refractivity contribution in [1.82, 2.24) is 5.32 Å². The topological polar surface area (TPSA) is 88.0 Å². The van der Waals surface area contributed by atoms with Crippen molar-refractivity contribution in [3.8, 4) is 0 Å². The van der Waals surface area contributed by atoms with Gasteiger partial charge in [-0.2, -0.15) is 0 Å². The maximum Gasteiger partial charge on any atom is 0.405 e. The molecule has 0 spiro atoms. The van der Waals surface area contributed by atoms with Crippen molar-refractivity contribution in [2.45, 2.75) is 19.3 Å². The summed E-state index contributed by atoms with van der Waals surface area (Å²) < 4.78 is 10.3. The number of ether oxygens (including phenoxy) is 2. The van der Waals surface area contributed by atoms with Crippen LogP contribution in [0.1, 0.15) is 6.92 Å². The first-order valence-corrected chi connectivity index (χ1v) is 4.56. The number of hydrogen-bond donors (Lipinski definition) is 3. The molecule has 2 atom stereocenters. The molecule has 0 aliphatic carbocycles. The van der Waals surface area contributed by atoms with Crippen LogP contribution >= 0.6 is 0 Å². The summed E-state index contributed by atoms with van der Waals surface area (Å²) in [6.07, 6.45) is -0.350. The second-order valence-electron chi connectivity index (χ2n) is 2.82. The molecule has 0 saturated carbocycles. The molecule has 0 heterocycles. The summed E-state index contributed by atoms with van der Waals surface area (Å²) in [5, 5.41) is 19.3. The van der Waals surface area contributed by atoms with Crippen LogP contribution in [0.5, 0.6) is 0 Å². The van der Waals surface area contributed by atoms with Crippen LogP contribution in [0.25, 0.3) is 0 Å². The number of aliphatic hydroxyl groups is 1. The number of rotatable bonds is 8. The molecule has 0 aromatic carbocycles. The zero-order valence-corrected chi connectivity index (χ0v) is 8.68. The molecule has 0 aromatic heterocycles. The number of aliphatic hydroxyl groups excluding tert-OH is 1. The fourth-order valence-electron chi connectivity index (χ4n) is 0.931. The number of hydrogen-bond acceptors (Lipinski definition) is 4. The lowest BCUT2D eigenvalue weighted by Gasteiger charge is -2.23. The Labute approximate surface area is 88.5 Å². The summed E-state index contributed by atoms with van der Waals surface area (Å²) in [7, 11) is 0. The second kappa shape index (κ2) is 8.22. The summed E-state index contributed by atoms with van der Waals surface area (Å²) >= 11 is 0. The lowest BCUT2D eigenvalue weighted by molar-refractivity contribution is -0.153. The molecule has 0 saturated heterocycles. The Morgan fingerprint density at radius 3 is 2.73 bits per heavy atom. The molecule has 0 bridgehead atoms. The van der Waals surface area contributed by atoms with E-state index >= 15 is 0 Å². The van der Waals surface area contributed by atoms with Crippen LogP contribution in [0, 0.1) is 0 Å². The van der Waals surface area contributed by atoms with E-state index in [0.29, 0.717) is 0 Å². The first-order chi connectivity index (χ1) is 7.11. The quantitative estimate of drug-likeness (QED) is 0.400. The minimum Gasteiger partial charge on any atom is -0.465 e. The van der Waals surface area contributed by atoms with Crippen molar-refractivity contribution >= 4 is 6.09 Å². The molecule has 0 aliphatic heterocycles. The number of carbonyl (C=O) groups is 1. The zero-order valence-electron chi connectivity index (χ0n) is 8.68. The minimum atomic E-state index is -1.15. The average Bonchev–Trinajstić information content (AvgIpc) is 2.17. The van der Waals surface area contributed by atoms with Crippen LogP contribution in [-0.4, -0.2) is 48.5 Å². The van der Waals surface area contributed by atoms with E-state index in [1.165, 1.54) is 6.08 Å². The van der Waals surface area contributed by atoms with E-state index in [-0.39, 0.29) is 19.8 Å². The van der Waals surface area contributed by atoms with E-state index in [4.69, 9.17) is 19.7 Å². The van der Waals surface area contributed by atoms with E-state index in [1.807, 2.05) is 0 Å². The number of amides is 1. The Hall–Kier alpha value is -1.11. The lowest BCUT2D eigenvalue weighted by atomic mass is 10.3. The molecule has 0 aliphatic rings. The molecule has 88 valence electrons. The second-order valence-corrected chi connectivity index (χ2v) is 2.82. The van der Waals surface area contributed by atoms with Crippen LogP contribution in [0.4, 0.5) is 4.79 Å². The predicted octanol–water partition coefficient (Wildman–Crippen LogP) is 0.180. The summed E-state index contributed by atoms with van der Waals surface area (Å²) in [4.78, 5) is 10.4. The monoisotopic (exact) mass is 219 g/mol. The molecule has 6 nitrogen and oxygen atoms in total. The summed E-state index contributed by atoms with van der Waals surface area (Å²) in [5.74, 6) is 0. The SMILES string of the molecule is C=CCO[C@@H](OCCO)C(C)NC(=O)O. The molecule has 0 aromatic rings. The lowest BCUT2D eigenvalue weighted by Crippen LogP contribution is -2.43. The third-order valence-corrected chi connectivity index (χ3v) is 1.51. The summed E-state index contributed by atoms with van der Waals surface area (Å²) in [5.41, 5.74) is 0. The van der Waals surface area contributed by atoms with Gasteiger partial charge in [-0.25, -0.2) is 4.79 Å². The first kappa shape index (κ1) is 13.9. The highest BCUT2D eigenvalue weighted by atomic mass is 16.7. The van der Waals surface area contributed by atoms with Gasteiger partial charge in [-0.05, 0) is 6.92 Å². The van der Waals surface area contributed by atoms with Gasteiger partial charge in [0.05, 0.1) is 25.9 Å². The van der Waals surface area contributed by atoms with Crippen molar-refractivity contribution in [2.24, 2.45) is 0 Å². The zero-order chi connectivity index (χ0) is 11.7. The Morgan fingerprint density at radius 1 is 1.60 bits per heavy atom. The Balaban J connectivity index is 4.06. The van der Waals surface area contributed by atoms with Gasteiger partial charge < -0.3 is 25.0 Å². The molecular formula is C9H17NO5. The van der Waals surface area contributed by atoms with Crippen molar-refractivity contribution in [2.75, 3.05) is 19.8 Å². The highest BCUT2D eigenvalue weighted by Gasteiger charge is 2.19. The Bertz CT molecular complexity index is 197. The smallest absolute Gasteiger partial charge is 0.405 e. The van der Waals surface area contributed by atoms with Crippen LogP contribution in [0.2, 0.25) is 0 Å². The molecule has 15 heavy (non-hydrogen) atoms. The van der Waals surface area contributed by atoms with Crippen LogP contribution < -0.4 is 5.32 Å². The molecule has 6 heteroatoms. The van der Waals surface area contributed by atoms with Gasteiger partial charge in [-0.15, -0.1) is 6.58 Å². The first-order valence-electron chi connectivity index (χ1n) is 4.56. The van der Waals surface area contributed by atoms with Crippen molar-refractivity contribution in [1.29, 1.82) is 0 Å². The largest absolute Gasteiger partial charge is 0.465 e. The highest BCUT2D eigenvalue weighted by molar-refractivity contribution is 5.64. The van der Waals surface area contributed by atoms with Gasteiger partial charge in [0.2, 0.25) is 0 Å². The van der Waals surface area contributed by atoms with Crippen LogP contribution in [0.15, 0.2) is 12.7 Å².